The van der Waals surface area contributed by atoms with Gasteiger partial charge in [-0.3, -0.25) is 33.6 Å². The maximum absolute atomic E-state index is 13.4. The summed E-state index contributed by atoms with van der Waals surface area (Å²) in [4.78, 5) is 87.4. The van der Waals surface area contributed by atoms with Gasteiger partial charge < -0.3 is 50.8 Å². The topological polar surface area (TPSA) is 259 Å². The van der Waals surface area contributed by atoms with E-state index in [0.29, 0.717) is 18.2 Å². The Morgan fingerprint density at radius 3 is 1.78 bits per heavy atom. The largest absolute Gasteiger partial charge is 0.481 e. The van der Waals surface area contributed by atoms with E-state index in [1.54, 1.807) is 0 Å². The molecule has 4 amide bonds. The number of ether oxygens (including phenoxy) is 4. The van der Waals surface area contributed by atoms with Crippen molar-refractivity contribution >= 4 is 54.2 Å². The zero-order valence-corrected chi connectivity index (χ0v) is 40.8. The third-order valence-corrected chi connectivity index (χ3v) is 11.9. The zero-order chi connectivity index (χ0) is 49.4. The van der Waals surface area contributed by atoms with Gasteiger partial charge in [0.15, 0.2) is 1.41 Å². The Balaban J connectivity index is 2.87. The lowest BCUT2D eigenvalue weighted by Crippen LogP contribution is -2.64. The van der Waals surface area contributed by atoms with E-state index in [1.807, 2.05) is 0 Å². The van der Waals surface area contributed by atoms with Crippen molar-refractivity contribution in [2.45, 2.75) is 249 Å². The molecule has 376 valence electrons. The van der Waals surface area contributed by atoms with Crippen LogP contribution in [0.15, 0.2) is 0 Å². The van der Waals surface area contributed by atoms with Crippen LogP contribution in [-0.4, -0.2) is 112 Å². The second-order valence-corrected chi connectivity index (χ2v) is 18.0. The molecule has 0 aromatic heterocycles. The fourth-order valence-corrected chi connectivity index (χ4v) is 8.00. The maximum atomic E-state index is 13.4. The molecule has 18 heteroatoms. The first kappa shape index (κ1) is 57.6. The zero-order valence-electron chi connectivity index (χ0n) is 40.9. The third-order valence-electron chi connectivity index (χ3n) is 11.5. The summed E-state index contributed by atoms with van der Waals surface area (Å²) in [7, 11) is 0. The summed E-state index contributed by atoms with van der Waals surface area (Å²) >= 11 is 4.44. The van der Waals surface area contributed by atoms with Gasteiger partial charge in [-0.05, 0) is 39.5 Å². The molecule has 1 heterocycles. The molecule has 0 aromatic rings. The summed E-state index contributed by atoms with van der Waals surface area (Å²) in [6.45, 7) is 7.58. The van der Waals surface area contributed by atoms with Crippen molar-refractivity contribution in [1.82, 2.24) is 15.9 Å². The minimum absolute atomic E-state index is 0.210. The second-order valence-electron chi connectivity index (χ2n) is 17.5. The molecule has 7 N–H and O–H groups in total. The molecular formula is C47H84N4O13S. The van der Waals surface area contributed by atoms with Crippen molar-refractivity contribution in [2.24, 2.45) is 5.73 Å². The fraction of sp³-hybridized carbons (Fsp3) is 0.851. The first-order valence-corrected chi connectivity index (χ1v) is 24.9. The summed E-state index contributed by atoms with van der Waals surface area (Å²) < 4.78 is 31.5. The Morgan fingerprint density at radius 2 is 1.28 bits per heavy atom. The predicted octanol–water partition coefficient (Wildman–Crippen LogP) is 6.09. The molecule has 0 saturated carbocycles. The number of aliphatic hydroxyl groups is 1. The highest BCUT2D eigenvalue weighted by Gasteiger charge is 2.47. The monoisotopic (exact) mass is 946 g/mol. The lowest BCUT2D eigenvalue weighted by atomic mass is 9.97. The highest BCUT2D eigenvalue weighted by molar-refractivity contribution is 7.80. The number of unbranched alkanes of at least 4 members (excludes halogenated alkanes) is 18. The molecule has 1 saturated heterocycles. The molecule has 0 bridgehead atoms. The van der Waals surface area contributed by atoms with E-state index in [2.05, 4.69) is 37.1 Å². The van der Waals surface area contributed by atoms with Gasteiger partial charge in [0.2, 0.25) is 23.6 Å². The van der Waals surface area contributed by atoms with Crippen molar-refractivity contribution in [2.75, 3.05) is 6.61 Å². The van der Waals surface area contributed by atoms with Crippen LogP contribution in [0.1, 0.15) is 195 Å². The number of primary amides is 1. The molecule has 1 aliphatic rings. The van der Waals surface area contributed by atoms with E-state index in [-0.39, 0.29) is 25.2 Å². The molecule has 0 aromatic carbocycles. The summed E-state index contributed by atoms with van der Waals surface area (Å²) in [5.74, 6) is -5.82. The van der Waals surface area contributed by atoms with Crippen LogP contribution >= 0.6 is 12.6 Å². The highest BCUT2D eigenvalue weighted by Crippen LogP contribution is 2.28. The average molecular weight is 946 g/mol. The van der Waals surface area contributed by atoms with Crippen LogP contribution in [0.5, 0.6) is 0 Å². The van der Waals surface area contributed by atoms with Crippen molar-refractivity contribution < 1.29 is 64.1 Å². The molecule has 65 heavy (non-hydrogen) atoms. The van der Waals surface area contributed by atoms with Crippen LogP contribution in [0.25, 0.3) is 0 Å². The van der Waals surface area contributed by atoms with Crippen molar-refractivity contribution in [3.63, 3.8) is 0 Å². The van der Waals surface area contributed by atoms with Crippen LogP contribution in [0.4, 0.5) is 0 Å². The van der Waals surface area contributed by atoms with Gasteiger partial charge in [0.25, 0.3) is 0 Å². The SMILES string of the molecule is [2H]N(C(=O)[C@@H](C)O[C@H]1[C@H](O)[C@@H](COC(=O)C[C@@H](CCCCCCCCC)OC(=O)CCCCCCCCCCCCCCC)O[C@@H](S)[C@@H]1NC(C)=O)[C@@H](C)C(=O)N[C@@H](CCC(=O)O)C(N)=O. The number of amides is 4. The number of rotatable bonds is 38. The van der Waals surface area contributed by atoms with Crippen LogP contribution < -0.4 is 21.7 Å². The number of carboxylic acids is 1. The van der Waals surface area contributed by atoms with Gasteiger partial charge in [-0.2, -0.15) is 0 Å². The Bertz CT molecular complexity index is 1450. The number of aliphatic hydroxyl groups excluding tert-OH is 1. The number of aliphatic carboxylic acids is 1. The van der Waals surface area contributed by atoms with E-state index in [9.17, 15) is 38.7 Å². The molecule has 0 aliphatic carbocycles. The van der Waals surface area contributed by atoms with E-state index >= 15 is 0 Å². The number of hydrogen-bond donors (Lipinski definition) is 7. The highest BCUT2D eigenvalue weighted by atomic mass is 32.1. The average Bonchev–Trinajstić information content (AvgIpc) is 3.26. The van der Waals surface area contributed by atoms with E-state index in [4.69, 9.17) is 31.2 Å². The Morgan fingerprint density at radius 1 is 0.754 bits per heavy atom. The van der Waals surface area contributed by atoms with Gasteiger partial charge in [-0.15, -0.1) is 12.6 Å². The molecule has 0 unspecified atom stereocenters. The summed E-state index contributed by atoms with van der Waals surface area (Å²) in [6.07, 6.45) is 16.1. The molecule has 1 rings (SSSR count). The number of thiol groups is 1. The molecule has 1 aliphatic heterocycles. The first-order chi connectivity index (χ1) is 31.4. The molecule has 0 radical (unpaired) electrons. The van der Waals surface area contributed by atoms with Crippen LogP contribution in [0, 0.1) is 0 Å². The van der Waals surface area contributed by atoms with Gasteiger partial charge in [-0.1, -0.05) is 129 Å². The maximum Gasteiger partial charge on any atom is 0.309 e. The van der Waals surface area contributed by atoms with Gasteiger partial charge in [0.05, 0.1) is 12.5 Å². The standard InChI is InChI=1S/C47H84N4O13S/c1-6-8-10-12-14-15-16-17-18-19-21-23-25-27-39(55)63-35(26-24-22-20-13-11-9-7-2)30-40(56)61-31-37-42(57)43(41(47(65)64-37)50-34(5)52)62-33(4)46(60)49-32(3)45(59)51-36(44(48)58)28-29-38(53)54/h32-33,35-37,41-43,47,57,65H,6-31H2,1-5H3,(H2,48,58)(H,49,60)(H,50,52)(H,51,59)(H,53,54)/t32-,33+,35+,36-,37+,41+,42+,43+,47-/m0/s1/i/hD. The molecule has 9 atom stereocenters. The van der Waals surface area contributed by atoms with Gasteiger partial charge in [-0.25, -0.2) is 0 Å². The van der Waals surface area contributed by atoms with Crippen LogP contribution in [-0.2, 0) is 52.5 Å². The lowest BCUT2D eigenvalue weighted by molar-refractivity contribution is -0.204. The minimum Gasteiger partial charge on any atom is -0.481 e. The number of carbonyl (C=O) groups excluding carboxylic acids is 6. The Labute approximate surface area is 394 Å². The number of carboxylic acid groups (broad SMARTS) is 1. The second kappa shape index (κ2) is 35.7. The number of esters is 2. The van der Waals surface area contributed by atoms with Crippen LogP contribution in [0.3, 0.4) is 0 Å². The third kappa shape index (κ3) is 27.7. The summed E-state index contributed by atoms with van der Waals surface area (Å²) in [5.41, 5.74) is 4.17. The van der Waals surface area contributed by atoms with Crippen molar-refractivity contribution in [1.29, 1.82) is 0 Å². The smallest absolute Gasteiger partial charge is 0.309 e. The Kier molecular flexibility index (Phi) is 31.6. The Hall–Kier alpha value is -3.48. The lowest BCUT2D eigenvalue weighted by Gasteiger charge is -2.43. The van der Waals surface area contributed by atoms with E-state index < -0.39 is 103 Å². The molecule has 0 spiro atoms. The van der Waals surface area contributed by atoms with E-state index in [1.165, 1.54) is 85.0 Å². The summed E-state index contributed by atoms with van der Waals surface area (Å²) in [6, 6.07) is -4.00. The molecule has 17 nitrogen and oxygen atoms in total. The van der Waals surface area contributed by atoms with Crippen LogP contribution in [0.2, 0.25) is 1.41 Å². The van der Waals surface area contributed by atoms with Gasteiger partial charge >= 0.3 is 17.9 Å². The van der Waals surface area contributed by atoms with Crippen molar-refractivity contribution in [3.05, 3.63) is 0 Å². The quantitative estimate of drug-likeness (QED) is 0.0210. The fourth-order valence-electron chi connectivity index (χ4n) is 7.60. The summed E-state index contributed by atoms with van der Waals surface area (Å²) in [5, 5.41) is 25.6. The number of nitrogens with two attached hydrogens (primary N) is 1. The molecule has 1 fully saturated rings. The van der Waals surface area contributed by atoms with Crippen molar-refractivity contribution in [3.8, 4) is 0 Å². The minimum atomic E-state index is -1.61. The number of nitrogens with one attached hydrogen (secondary N) is 3. The molecular weight excluding hydrogens is 861 g/mol. The number of hydrogen-bond acceptors (Lipinski definition) is 13. The predicted molar refractivity (Wildman–Crippen MR) is 250 cm³/mol. The van der Waals surface area contributed by atoms with E-state index in [0.717, 1.165) is 57.8 Å². The first-order valence-electron chi connectivity index (χ1n) is 24.8. The van der Waals surface area contributed by atoms with Gasteiger partial charge in [0, 0.05) is 19.8 Å². The normalized spacial score (nSPS) is 20.4. The van der Waals surface area contributed by atoms with Gasteiger partial charge in [0.1, 0.15) is 54.6 Å². The number of carbonyl (C=O) groups is 7.